The van der Waals surface area contributed by atoms with Gasteiger partial charge in [-0.25, -0.2) is 4.39 Å². The number of nitrogens with one attached hydrogen (secondary N) is 1. The number of benzene rings is 2. The molecule has 0 radical (unpaired) electrons. The largest absolute Gasteiger partial charge is 0.376 e. The Hall–Kier alpha value is -3.30. The number of likely N-dealkylation sites (tertiary alicyclic amines) is 1. The van der Waals surface area contributed by atoms with E-state index >= 15 is 0 Å². The van der Waals surface area contributed by atoms with E-state index in [1.807, 2.05) is 6.07 Å². The van der Waals surface area contributed by atoms with Gasteiger partial charge in [-0.2, -0.15) is 0 Å². The fourth-order valence-electron chi connectivity index (χ4n) is 5.29. The maximum atomic E-state index is 13.7. The molecule has 36 heavy (non-hydrogen) atoms. The second kappa shape index (κ2) is 10.4. The zero-order valence-corrected chi connectivity index (χ0v) is 20.0. The van der Waals surface area contributed by atoms with E-state index in [1.165, 1.54) is 18.2 Å². The highest BCUT2D eigenvalue weighted by Crippen LogP contribution is 2.39. The van der Waals surface area contributed by atoms with Crippen LogP contribution in [0.1, 0.15) is 46.4 Å². The molecule has 0 bridgehead atoms. The lowest BCUT2D eigenvalue weighted by molar-refractivity contribution is -0.128. The summed E-state index contributed by atoms with van der Waals surface area (Å²) in [4.78, 5) is 43.1. The van der Waals surface area contributed by atoms with Crippen molar-refractivity contribution in [3.63, 3.8) is 0 Å². The van der Waals surface area contributed by atoms with Crippen LogP contribution in [-0.4, -0.2) is 78.2 Å². The van der Waals surface area contributed by atoms with Crippen molar-refractivity contribution in [1.82, 2.24) is 15.1 Å². The van der Waals surface area contributed by atoms with Gasteiger partial charge in [-0.05, 0) is 43.2 Å². The van der Waals surface area contributed by atoms with Crippen molar-refractivity contribution >= 4 is 17.7 Å². The van der Waals surface area contributed by atoms with Gasteiger partial charge in [0.05, 0.1) is 12.7 Å². The third-order valence-corrected chi connectivity index (χ3v) is 7.23. The molecule has 3 heterocycles. The Labute approximate surface area is 209 Å². The average Bonchev–Trinajstić information content (AvgIpc) is 3.56. The molecule has 1 spiro atoms. The molecule has 0 unspecified atom stereocenters. The molecular weight excluding hydrogens is 465 g/mol. The van der Waals surface area contributed by atoms with E-state index in [2.05, 4.69) is 5.32 Å². The molecule has 0 aliphatic carbocycles. The van der Waals surface area contributed by atoms with Gasteiger partial charge >= 0.3 is 0 Å². The summed E-state index contributed by atoms with van der Waals surface area (Å²) in [5.41, 5.74) is -0.253. The van der Waals surface area contributed by atoms with E-state index in [1.54, 1.807) is 40.1 Å². The zero-order chi connectivity index (χ0) is 25.1. The molecule has 2 aromatic carbocycles. The van der Waals surface area contributed by atoms with Gasteiger partial charge in [0.2, 0.25) is 5.91 Å². The van der Waals surface area contributed by atoms with Crippen LogP contribution in [-0.2, 0) is 14.3 Å². The molecule has 1 N–H and O–H groups in total. The van der Waals surface area contributed by atoms with Crippen LogP contribution >= 0.6 is 0 Å². The van der Waals surface area contributed by atoms with E-state index in [0.717, 1.165) is 12.8 Å². The quantitative estimate of drug-likeness (QED) is 0.689. The Bertz CT molecular complexity index is 1110. The fraction of sp³-hybridized carbons (Fsp3) is 0.444. The fourth-order valence-corrected chi connectivity index (χ4v) is 5.29. The second-order valence-electron chi connectivity index (χ2n) is 9.50. The highest BCUT2D eigenvalue weighted by Gasteiger charge is 2.54. The summed E-state index contributed by atoms with van der Waals surface area (Å²) >= 11 is 0. The van der Waals surface area contributed by atoms with Crippen molar-refractivity contribution < 1.29 is 28.2 Å². The number of hydrogen-bond acceptors (Lipinski definition) is 5. The Morgan fingerprint density at radius 3 is 2.44 bits per heavy atom. The van der Waals surface area contributed by atoms with E-state index in [4.69, 9.17) is 9.47 Å². The summed E-state index contributed by atoms with van der Waals surface area (Å²) in [6, 6.07) is 13.7. The molecule has 190 valence electrons. The molecule has 9 heteroatoms. The van der Waals surface area contributed by atoms with Gasteiger partial charge in [-0.1, -0.05) is 24.3 Å². The lowest BCUT2D eigenvalue weighted by Gasteiger charge is -2.44. The van der Waals surface area contributed by atoms with Crippen LogP contribution in [0.5, 0.6) is 0 Å². The number of carbonyl (C=O) groups is 3. The molecule has 3 aliphatic heterocycles. The minimum atomic E-state index is -1.00. The monoisotopic (exact) mass is 495 g/mol. The molecule has 0 aromatic heterocycles. The lowest BCUT2D eigenvalue weighted by atomic mass is 9.96. The number of nitrogens with zero attached hydrogens (tertiary/aromatic N) is 2. The van der Waals surface area contributed by atoms with Gasteiger partial charge in [-0.15, -0.1) is 0 Å². The molecule has 3 fully saturated rings. The van der Waals surface area contributed by atoms with Crippen molar-refractivity contribution in [2.75, 3.05) is 32.8 Å². The smallest absolute Gasteiger partial charge is 0.256 e. The lowest BCUT2D eigenvalue weighted by Crippen LogP contribution is -2.60. The third kappa shape index (κ3) is 4.85. The Morgan fingerprint density at radius 2 is 1.75 bits per heavy atom. The Balaban J connectivity index is 1.33. The number of hydrogen-bond donors (Lipinski definition) is 1. The SMILES string of the molecule is O=C(NC[C@@H]1CCCO1)[C@@H]1COC2(CCN(C(=O)c3cccc(F)c3)CC2)N1C(=O)c1ccccc1. The summed E-state index contributed by atoms with van der Waals surface area (Å²) in [7, 11) is 0. The highest BCUT2D eigenvalue weighted by atomic mass is 19.1. The minimum absolute atomic E-state index is 0.0134. The standard InChI is InChI=1S/C27H30FN3O5/c28-21-9-4-8-20(16-21)25(33)30-13-11-27(12-14-30)31(26(34)19-6-2-1-3-7-19)23(18-36-27)24(32)29-17-22-10-5-15-35-22/h1-4,6-9,16,22-23H,5,10-15,17-18H2,(H,29,32)/t22-,23-/m0/s1. The molecule has 3 aliphatic rings. The molecular formula is C27H30FN3O5. The zero-order valence-electron chi connectivity index (χ0n) is 20.0. The summed E-state index contributed by atoms with van der Waals surface area (Å²) in [6.07, 6.45) is 2.55. The first-order chi connectivity index (χ1) is 17.5. The van der Waals surface area contributed by atoms with Crippen LogP contribution in [0.2, 0.25) is 0 Å². The van der Waals surface area contributed by atoms with Crippen molar-refractivity contribution in [1.29, 1.82) is 0 Å². The molecule has 2 atom stereocenters. The first-order valence-electron chi connectivity index (χ1n) is 12.4. The van der Waals surface area contributed by atoms with E-state index in [-0.39, 0.29) is 36.0 Å². The average molecular weight is 496 g/mol. The van der Waals surface area contributed by atoms with Crippen LogP contribution in [0.4, 0.5) is 4.39 Å². The first-order valence-corrected chi connectivity index (χ1v) is 12.4. The Kier molecular flexibility index (Phi) is 7.02. The van der Waals surface area contributed by atoms with E-state index in [0.29, 0.717) is 44.6 Å². The molecule has 3 amide bonds. The number of amides is 3. The maximum absolute atomic E-state index is 13.7. The van der Waals surface area contributed by atoms with Gasteiger partial charge in [0.25, 0.3) is 11.8 Å². The molecule has 0 saturated carbocycles. The normalized spacial score (nSPS) is 23.1. The summed E-state index contributed by atoms with van der Waals surface area (Å²) in [5, 5.41) is 2.94. The molecule has 5 rings (SSSR count). The molecule has 2 aromatic rings. The molecule has 3 saturated heterocycles. The van der Waals surface area contributed by atoms with Gasteiger partial charge in [0.15, 0.2) is 0 Å². The predicted octanol–water partition coefficient (Wildman–Crippen LogP) is 2.59. The summed E-state index contributed by atoms with van der Waals surface area (Å²) in [5.74, 6) is -1.29. The maximum Gasteiger partial charge on any atom is 0.256 e. The van der Waals surface area contributed by atoms with Crippen molar-refractivity contribution in [3.8, 4) is 0 Å². The van der Waals surface area contributed by atoms with Crippen molar-refractivity contribution in [2.45, 2.75) is 43.6 Å². The van der Waals surface area contributed by atoms with E-state index in [9.17, 15) is 18.8 Å². The van der Waals surface area contributed by atoms with Gasteiger partial charge in [0.1, 0.15) is 17.6 Å². The second-order valence-corrected chi connectivity index (χ2v) is 9.50. The molecule has 8 nitrogen and oxygen atoms in total. The summed E-state index contributed by atoms with van der Waals surface area (Å²) in [6.45, 7) is 1.80. The third-order valence-electron chi connectivity index (χ3n) is 7.23. The predicted molar refractivity (Wildman–Crippen MR) is 129 cm³/mol. The van der Waals surface area contributed by atoms with Crippen LogP contribution in [0.3, 0.4) is 0 Å². The number of rotatable bonds is 5. The van der Waals surface area contributed by atoms with Crippen LogP contribution < -0.4 is 5.32 Å². The first kappa shape index (κ1) is 24.4. The van der Waals surface area contributed by atoms with Crippen LogP contribution in [0, 0.1) is 5.82 Å². The van der Waals surface area contributed by atoms with E-state index < -0.39 is 17.6 Å². The number of halogens is 1. The number of carbonyl (C=O) groups excluding carboxylic acids is 3. The Morgan fingerprint density at radius 1 is 1.00 bits per heavy atom. The van der Waals surface area contributed by atoms with Crippen molar-refractivity contribution in [2.24, 2.45) is 0 Å². The topological polar surface area (TPSA) is 88.2 Å². The van der Waals surface area contributed by atoms with Crippen LogP contribution in [0.25, 0.3) is 0 Å². The summed E-state index contributed by atoms with van der Waals surface area (Å²) < 4.78 is 25.5. The van der Waals surface area contributed by atoms with Crippen molar-refractivity contribution in [3.05, 3.63) is 71.5 Å². The minimum Gasteiger partial charge on any atom is -0.376 e. The number of piperidine rings is 1. The van der Waals surface area contributed by atoms with Gasteiger partial charge in [-0.3, -0.25) is 19.3 Å². The number of ether oxygens (including phenoxy) is 2. The van der Waals surface area contributed by atoms with Gasteiger partial charge < -0.3 is 19.7 Å². The van der Waals surface area contributed by atoms with Crippen LogP contribution in [0.15, 0.2) is 54.6 Å². The highest BCUT2D eigenvalue weighted by molar-refractivity contribution is 5.98. The van der Waals surface area contributed by atoms with Gasteiger partial charge in [0, 0.05) is 50.2 Å².